The van der Waals surface area contributed by atoms with Crippen molar-refractivity contribution >= 4 is 11.3 Å². The molecule has 2 aromatic rings. The molecule has 1 aromatic carbocycles. The lowest BCUT2D eigenvalue weighted by Crippen LogP contribution is -2.17. The average molecular weight is 291 g/mol. The summed E-state index contributed by atoms with van der Waals surface area (Å²) in [6, 6.07) is 5.61. The van der Waals surface area contributed by atoms with Crippen LogP contribution in [0.5, 0.6) is 17.2 Å². The third-order valence-corrected chi connectivity index (χ3v) is 4.40. The van der Waals surface area contributed by atoms with E-state index in [1.54, 1.807) is 17.4 Å². The summed E-state index contributed by atoms with van der Waals surface area (Å²) < 4.78 is 10.6. The molecule has 0 bridgehead atoms. The van der Waals surface area contributed by atoms with E-state index >= 15 is 0 Å². The smallest absolute Gasteiger partial charge is 0.231 e. The highest BCUT2D eigenvalue weighted by molar-refractivity contribution is 7.10. The van der Waals surface area contributed by atoms with E-state index in [1.165, 1.54) is 10.4 Å². The average Bonchev–Trinajstić information content (AvgIpc) is 2.99. The van der Waals surface area contributed by atoms with Crippen molar-refractivity contribution in [2.75, 3.05) is 13.8 Å². The van der Waals surface area contributed by atoms with Crippen molar-refractivity contribution in [2.24, 2.45) is 0 Å². The van der Waals surface area contributed by atoms with Gasteiger partial charge in [0.05, 0.1) is 0 Å². The maximum Gasteiger partial charge on any atom is 0.231 e. The summed E-state index contributed by atoms with van der Waals surface area (Å²) in [6.45, 7) is 3.89. The van der Waals surface area contributed by atoms with E-state index < -0.39 is 0 Å². The summed E-state index contributed by atoms with van der Waals surface area (Å²) >= 11 is 1.76. The largest absolute Gasteiger partial charge is 0.507 e. The van der Waals surface area contributed by atoms with Crippen LogP contribution in [-0.4, -0.2) is 23.8 Å². The molecule has 2 heterocycles. The van der Waals surface area contributed by atoms with E-state index in [2.05, 4.69) is 23.3 Å². The van der Waals surface area contributed by atoms with Crippen molar-refractivity contribution in [2.45, 2.75) is 20.0 Å². The second-order valence-corrected chi connectivity index (χ2v) is 6.03. The molecular formula is C15H17NO3S. The Morgan fingerprint density at radius 1 is 1.25 bits per heavy atom. The molecule has 1 aliphatic heterocycles. The third kappa shape index (κ3) is 2.59. The first-order valence-corrected chi connectivity index (χ1v) is 7.34. The van der Waals surface area contributed by atoms with Crippen molar-refractivity contribution in [3.63, 3.8) is 0 Å². The van der Waals surface area contributed by atoms with E-state index in [9.17, 15) is 5.11 Å². The number of ether oxygens (including phenoxy) is 2. The number of rotatable bonds is 4. The Kier molecular flexibility index (Phi) is 3.54. The molecule has 1 aromatic heterocycles. The number of phenols is 1. The fourth-order valence-electron chi connectivity index (χ4n) is 2.26. The monoisotopic (exact) mass is 291 g/mol. The minimum absolute atomic E-state index is 0.225. The zero-order valence-corrected chi connectivity index (χ0v) is 12.4. The zero-order chi connectivity index (χ0) is 14.1. The lowest BCUT2D eigenvalue weighted by Gasteiger charge is -2.17. The van der Waals surface area contributed by atoms with Gasteiger partial charge in [-0.1, -0.05) is 0 Å². The Bertz CT molecular complexity index is 624. The summed E-state index contributed by atoms with van der Waals surface area (Å²) in [7, 11) is 2.04. The van der Waals surface area contributed by atoms with Crippen molar-refractivity contribution in [3.05, 3.63) is 39.6 Å². The summed E-state index contributed by atoms with van der Waals surface area (Å²) in [5.41, 5.74) is 2.17. The molecule has 0 unspecified atom stereocenters. The highest BCUT2D eigenvalue weighted by Crippen LogP contribution is 2.38. The van der Waals surface area contributed by atoms with Gasteiger partial charge in [0.15, 0.2) is 11.5 Å². The molecular weight excluding hydrogens is 274 g/mol. The molecule has 0 radical (unpaired) electrons. The quantitative estimate of drug-likeness (QED) is 0.940. The molecule has 3 rings (SSSR count). The molecule has 1 aliphatic rings. The number of hydrogen-bond donors (Lipinski definition) is 1. The maximum atomic E-state index is 10.0. The summed E-state index contributed by atoms with van der Waals surface area (Å²) in [6.07, 6.45) is 0. The predicted octanol–water partition coefficient (Wildman–Crippen LogP) is 3.12. The predicted molar refractivity (Wildman–Crippen MR) is 78.5 cm³/mol. The van der Waals surface area contributed by atoms with Crippen LogP contribution in [0, 0.1) is 6.92 Å². The van der Waals surface area contributed by atoms with Crippen LogP contribution in [0.1, 0.15) is 16.0 Å². The molecule has 0 amide bonds. The van der Waals surface area contributed by atoms with E-state index in [4.69, 9.17) is 9.47 Å². The first-order chi connectivity index (χ1) is 9.63. The van der Waals surface area contributed by atoms with Crippen LogP contribution in [0.15, 0.2) is 23.6 Å². The van der Waals surface area contributed by atoms with E-state index in [0.29, 0.717) is 18.0 Å². The molecule has 0 atom stereocenters. The number of fused-ring (bicyclic) bond motifs is 1. The molecule has 1 N–H and O–H groups in total. The van der Waals surface area contributed by atoms with Gasteiger partial charge in [-0.05, 0) is 37.0 Å². The molecule has 4 nitrogen and oxygen atoms in total. The number of benzene rings is 1. The number of phenolic OH excluding ortho intramolecular Hbond substituents is 1. The van der Waals surface area contributed by atoms with Gasteiger partial charge in [-0.2, -0.15) is 0 Å². The summed E-state index contributed by atoms with van der Waals surface area (Å²) in [5, 5.41) is 12.2. The number of aromatic hydroxyl groups is 1. The van der Waals surface area contributed by atoms with Gasteiger partial charge in [0.25, 0.3) is 0 Å². The van der Waals surface area contributed by atoms with Gasteiger partial charge >= 0.3 is 0 Å². The van der Waals surface area contributed by atoms with Crippen molar-refractivity contribution in [1.82, 2.24) is 4.90 Å². The highest BCUT2D eigenvalue weighted by Gasteiger charge is 2.18. The second-order valence-electron chi connectivity index (χ2n) is 5.03. The molecule has 0 fully saturated rings. The van der Waals surface area contributed by atoms with Gasteiger partial charge in [0, 0.05) is 29.6 Å². The molecule has 0 spiro atoms. The van der Waals surface area contributed by atoms with Crippen LogP contribution in [-0.2, 0) is 13.1 Å². The Balaban J connectivity index is 1.73. The maximum absolute atomic E-state index is 10.0. The van der Waals surface area contributed by atoms with Gasteiger partial charge in [0.1, 0.15) is 5.75 Å². The number of aryl methyl sites for hydroxylation is 1. The van der Waals surface area contributed by atoms with Gasteiger partial charge in [0.2, 0.25) is 6.79 Å². The van der Waals surface area contributed by atoms with Crippen LogP contribution in [0.25, 0.3) is 0 Å². The van der Waals surface area contributed by atoms with E-state index in [0.717, 1.165) is 12.1 Å². The lowest BCUT2D eigenvalue weighted by molar-refractivity contribution is 0.174. The van der Waals surface area contributed by atoms with Crippen LogP contribution in [0.3, 0.4) is 0 Å². The number of nitrogens with zero attached hydrogens (tertiary/aromatic N) is 1. The summed E-state index contributed by atoms with van der Waals surface area (Å²) in [4.78, 5) is 3.53. The zero-order valence-electron chi connectivity index (χ0n) is 11.5. The second kappa shape index (κ2) is 5.34. The Labute approximate surface area is 122 Å². The van der Waals surface area contributed by atoms with Crippen LogP contribution in [0.2, 0.25) is 0 Å². The Morgan fingerprint density at radius 2 is 2.00 bits per heavy atom. The van der Waals surface area contributed by atoms with E-state index in [-0.39, 0.29) is 12.5 Å². The first kappa shape index (κ1) is 13.3. The SMILES string of the molecule is Cc1ccsc1CN(C)Cc1cc2c(cc1O)OCO2. The number of thiophene rings is 1. The van der Waals surface area contributed by atoms with Crippen molar-refractivity contribution in [1.29, 1.82) is 0 Å². The van der Waals surface area contributed by atoms with Gasteiger partial charge in [-0.25, -0.2) is 0 Å². The van der Waals surface area contributed by atoms with Crippen LogP contribution >= 0.6 is 11.3 Å². The van der Waals surface area contributed by atoms with Gasteiger partial charge in [-0.3, -0.25) is 4.90 Å². The third-order valence-electron chi connectivity index (χ3n) is 3.40. The van der Waals surface area contributed by atoms with Gasteiger partial charge in [-0.15, -0.1) is 11.3 Å². The fraction of sp³-hybridized carbons (Fsp3) is 0.333. The topological polar surface area (TPSA) is 41.9 Å². The normalized spacial score (nSPS) is 13.2. The highest BCUT2D eigenvalue weighted by atomic mass is 32.1. The van der Waals surface area contributed by atoms with Crippen molar-refractivity contribution < 1.29 is 14.6 Å². The van der Waals surface area contributed by atoms with Crippen molar-refractivity contribution in [3.8, 4) is 17.2 Å². The minimum Gasteiger partial charge on any atom is -0.507 e. The Hall–Kier alpha value is -1.72. The molecule has 0 aliphatic carbocycles. The standard InChI is InChI=1S/C15H17NO3S/c1-10-3-4-20-15(10)8-16(2)7-11-5-13-14(6-12(11)17)19-9-18-13/h3-6,17H,7-9H2,1-2H3. The lowest BCUT2D eigenvalue weighted by atomic mass is 10.1. The first-order valence-electron chi connectivity index (χ1n) is 6.46. The molecule has 20 heavy (non-hydrogen) atoms. The molecule has 5 heteroatoms. The van der Waals surface area contributed by atoms with Crippen LogP contribution in [0.4, 0.5) is 0 Å². The fourth-order valence-corrected chi connectivity index (χ4v) is 3.24. The molecule has 106 valence electrons. The summed E-state index contributed by atoms with van der Waals surface area (Å²) in [5.74, 6) is 1.57. The van der Waals surface area contributed by atoms with Gasteiger partial charge < -0.3 is 14.6 Å². The van der Waals surface area contributed by atoms with E-state index in [1.807, 2.05) is 13.1 Å². The number of hydrogen-bond acceptors (Lipinski definition) is 5. The molecule has 0 saturated carbocycles. The molecule has 0 saturated heterocycles. The van der Waals surface area contributed by atoms with Crippen LogP contribution < -0.4 is 9.47 Å². The minimum atomic E-state index is 0.225. The Morgan fingerprint density at radius 3 is 2.70 bits per heavy atom.